The van der Waals surface area contributed by atoms with Crippen molar-refractivity contribution < 1.29 is 23.0 Å². The van der Waals surface area contributed by atoms with Crippen LogP contribution >= 0.6 is 0 Å². The van der Waals surface area contributed by atoms with Crippen LogP contribution in [0.1, 0.15) is 27.2 Å². The summed E-state index contributed by atoms with van der Waals surface area (Å²) in [6, 6.07) is 2.84. The van der Waals surface area contributed by atoms with Crippen molar-refractivity contribution in [3.63, 3.8) is 0 Å². The first-order chi connectivity index (χ1) is 17.6. The fourth-order valence-electron chi connectivity index (χ4n) is 4.79. The number of nitrogens with zero attached hydrogens (tertiary/aromatic N) is 4. The zero-order valence-electron chi connectivity index (χ0n) is 22.3. The Kier molecular flexibility index (Phi) is 8.77. The third kappa shape index (κ3) is 5.54. The van der Waals surface area contributed by atoms with Crippen molar-refractivity contribution in [2.45, 2.75) is 27.2 Å². The maximum absolute atomic E-state index is 15.3. The van der Waals surface area contributed by atoms with Crippen molar-refractivity contribution in [1.29, 1.82) is 5.26 Å². The van der Waals surface area contributed by atoms with Crippen LogP contribution < -0.4 is 14.4 Å². The number of halogens is 2. The van der Waals surface area contributed by atoms with Gasteiger partial charge >= 0.3 is 6.03 Å². The van der Waals surface area contributed by atoms with Gasteiger partial charge in [0.25, 0.3) is 0 Å². The van der Waals surface area contributed by atoms with Crippen LogP contribution in [0, 0.1) is 28.9 Å². The minimum Gasteiger partial charge on any atom is -0.493 e. The number of hydrogen-bond donors (Lipinski definition) is 0. The SMILES string of the molecule is C=C(C)C(C=C(C)CN1CCC(C#N)C1)=C1C(=CC)CN(c2c(F)c(OC)cc(OC)c2F)C(=O)N1C. The highest BCUT2D eigenvalue weighted by molar-refractivity contribution is 5.97. The molecule has 0 aliphatic carbocycles. The molecule has 9 heteroatoms. The van der Waals surface area contributed by atoms with Crippen LogP contribution in [0.5, 0.6) is 11.5 Å². The van der Waals surface area contributed by atoms with Crippen LogP contribution in [0.15, 0.2) is 52.8 Å². The Balaban J connectivity index is 2.04. The molecule has 7 nitrogen and oxygen atoms in total. The molecular formula is C28H34F2N4O3. The van der Waals surface area contributed by atoms with Gasteiger partial charge in [-0.05, 0) is 44.9 Å². The number of methoxy groups -OCH3 is 2. The highest BCUT2D eigenvalue weighted by Gasteiger charge is 2.37. The van der Waals surface area contributed by atoms with Crippen molar-refractivity contribution in [2.24, 2.45) is 5.92 Å². The number of urea groups is 1. The molecule has 0 radical (unpaired) electrons. The lowest BCUT2D eigenvalue weighted by Crippen LogP contribution is -2.48. The van der Waals surface area contributed by atoms with Gasteiger partial charge in [-0.25, -0.2) is 13.6 Å². The second-order valence-corrected chi connectivity index (χ2v) is 9.38. The van der Waals surface area contributed by atoms with E-state index in [0.29, 0.717) is 17.8 Å². The first-order valence-electron chi connectivity index (χ1n) is 12.1. The normalized spacial score (nSPS) is 21.4. The van der Waals surface area contributed by atoms with E-state index in [1.165, 1.54) is 19.1 Å². The number of rotatable bonds is 7. The standard InChI is InChI=1S/C28H34F2N4O3/c1-8-20-16-34(27-24(29)22(36-6)12-23(37-7)25(27)30)28(35)32(5)26(20)21(17(2)3)11-18(4)14-33-10-9-19(13-31)15-33/h8,11-12,19H,2,9-10,14-16H2,1,3-7H3. The average Bonchev–Trinajstić information content (AvgIpc) is 3.32. The van der Waals surface area contributed by atoms with E-state index in [1.807, 2.05) is 32.9 Å². The number of amides is 2. The maximum atomic E-state index is 15.3. The number of carbonyl (C=O) groups is 1. The molecule has 0 spiro atoms. The van der Waals surface area contributed by atoms with E-state index in [2.05, 4.69) is 17.5 Å². The number of ether oxygens (including phenoxy) is 2. The van der Waals surface area contributed by atoms with Gasteiger partial charge in [-0.3, -0.25) is 14.7 Å². The second kappa shape index (κ2) is 11.6. The molecule has 2 aliphatic heterocycles. The molecule has 1 atom stereocenters. The first kappa shape index (κ1) is 27.9. The monoisotopic (exact) mass is 512 g/mol. The van der Waals surface area contributed by atoms with Gasteiger partial charge in [0.15, 0.2) is 23.1 Å². The topological polar surface area (TPSA) is 69.0 Å². The van der Waals surface area contributed by atoms with E-state index >= 15 is 8.78 Å². The molecule has 0 aromatic heterocycles. The number of likely N-dealkylation sites (tertiary alicyclic amines) is 1. The van der Waals surface area contributed by atoms with Crippen LogP contribution in [0.4, 0.5) is 19.3 Å². The van der Waals surface area contributed by atoms with Gasteiger partial charge in [0.05, 0.1) is 38.4 Å². The van der Waals surface area contributed by atoms with Crippen molar-refractivity contribution in [1.82, 2.24) is 9.80 Å². The van der Waals surface area contributed by atoms with Crippen LogP contribution in [-0.2, 0) is 0 Å². The van der Waals surface area contributed by atoms with Gasteiger partial charge in [-0.2, -0.15) is 5.26 Å². The summed E-state index contributed by atoms with van der Waals surface area (Å²) >= 11 is 0. The Morgan fingerprint density at radius 1 is 1.24 bits per heavy atom. The molecule has 2 fully saturated rings. The second-order valence-electron chi connectivity index (χ2n) is 9.38. The molecule has 3 rings (SSSR count). The van der Waals surface area contributed by atoms with E-state index in [4.69, 9.17) is 9.47 Å². The number of carbonyl (C=O) groups excluding carboxylic acids is 1. The third-order valence-corrected chi connectivity index (χ3v) is 6.69. The molecule has 1 unspecified atom stereocenters. The molecule has 198 valence electrons. The number of allylic oxidation sites excluding steroid dienone is 4. The molecule has 0 bridgehead atoms. The molecule has 0 saturated carbocycles. The number of likely N-dealkylation sites (N-methyl/N-ethyl adjacent to an activating group) is 1. The van der Waals surface area contributed by atoms with Crippen LogP contribution in [0.2, 0.25) is 0 Å². The van der Waals surface area contributed by atoms with Gasteiger partial charge in [0.1, 0.15) is 5.69 Å². The van der Waals surface area contributed by atoms with Crippen molar-refractivity contribution >= 4 is 11.7 Å². The molecule has 2 heterocycles. The van der Waals surface area contributed by atoms with Crippen molar-refractivity contribution in [3.8, 4) is 17.6 Å². The van der Waals surface area contributed by atoms with E-state index in [-0.39, 0.29) is 24.0 Å². The summed E-state index contributed by atoms with van der Waals surface area (Å²) in [5.74, 6) is -2.38. The molecule has 2 amide bonds. The van der Waals surface area contributed by atoms with Gasteiger partial charge in [0.2, 0.25) is 0 Å². The van der Waals surface area contributed by atoms with Gasteiger partial charge < -0.3 is 9.47 Å². The molecule has 2 aliphatic rings. The van der Waals surface area contributed by atoms with Gasteiger partial charge in [-0.1, -0.05) is 24.3 Å². The molecule has 2 saturated heterocycles. The zero-order chi connectivity index (χ0) is 27.4. The van der Waals surface area contributed by atoms with Crippen LogP contribution in [-0.4, -0.2) is 63.3 Å². The largest absolute Gasteiger partial charge is 0.493 e. The molecule has 1 aromatic rings. The minimum absolute atomic E-state index is 0.0468. The predicted octanol–water partition coefficient (Wildman–Crippen LogP) is 5.42. The smallest absolute Gasteiger partial charge is 0.329 e. The average molecular weight is 513 g/mol. The van der Waals surface area contributed by atoms with E-state index < -0.39 is 23.4 Å². The number of benzene rings is 1. The van der Waals surface area contributed by atoms with Gasteiger partial charge in [-0.15, -0.1) is 0 Å². The maximum Gasteiger partial charge on any atom is 0.329 e. The fourth-order valence-corrected chi connectivity index (χ4v) is 4.79. The lowest BCUT2D eigenvalue weighted by atomic mass is 9.96. The summed E-state index contributed by atoms with van der Waals surface area (Å²) < 4.78 is 40.6. The Morgan fingerprint density at radius 2 is 1.86 bits per heavy atom. The summed E-state index contributed by atoms with van der Waals surface area (Å²) in [4.78, 5) is 18.2. The summed E-state index contributed by atoms with van der Waals surface area (Å²) in [5, 5.41) is 9.19. The number of hydrogen-bond acceptors (Lipinski definition) is 5. The Hall–Kier alpha value is -3.64. The van der Waals surface area contributed by atoms with E-state index in [0.717, 1.165) is 47.2 Å². The zero-order valence-corrected chi connectivity index (χ0v) is 22.3. The summed E-state index contributed by atoms with van der Waals surface area (Å²) in [5.41, 5.74) is 3.37. The van der Waals surface area contributed by atoms with Crippen molar-refractivity contribution in [3.05, 3.63) is 64.4 Å². The summed E-state index contributed by atoms with van der Waals surface area (Å²) in [6.07, 6.45) is 4.68. The predicted molar refractivity (Wildman–Crippen MR) is 139 cm³/mol. The van der Waals surface area contributed by atoms with E-state index in [1.54, 1.807) is 7.05 Å². The molecule has 1 aromatic carbocycles. The fraction of sp³-hybridized carbons (Fsp3) is 0.429. The highest BCUT2D eigenvalue weighted by atomic mass is 19.1. The quantitative estimate of drug-likeness (QED) is 0.488. The highest BCUT2D eigenvalue weighted by Crippen LogP contribution is 2.40. The first-order valence-corrected chi connectivity index (χ1v) is 12.1. The van der Waals surface area contributed by atoms with E-state index in [9.17, 15) is 10.1 Å². The molecule has 37 heavy (non-hydrogen) atoms. The number of anilines is 1. The Bertz CT molecular complexity index is 1200. The molecule has 0 N–H and O–H groups in total. The lowest BCUT2D eigenvalue weighted by molar-refractivity contribution is 0.222. The van der Waals surface area contributed by atoms with Crippen LogP contribution in [0.3, 0.4) is 0 Å². The third-order valence-electron chi connectivity index (χ3n) is 6.69. The Labute approximate surface area is 217 Å². The number of nitriles is 1. The van der Waals surface area contributed by atoms with Gasteiger partial charge in [0, 0.05) is 31.8 Å². The minimum atomic E-state index is -0.984. The molecular weight excluding hydrogens is 478 g/mol. The summed E-state index contributed by atoms with van der Waals surface area (Å²) in [6.45, 7) is 12.0. The summed E-state index contributed by atoms with van der Waals surface area (Å²) in [7, 11) is 4.10. The van der Waals surface area contributed by atoms with Crippen LogP contribution in [0.25, 0.3) is 0 Å². The lowest BCUT2D eigenvalue weighted by Gasteiger charge is -2.38. The Morgan fingerprint density at radius 3 is 2.35 bits per heavy atom. The van der Waals surface area contributed by atoms with Crippen molar-refractivity contribution in [2.75, 3.05) is 52.3 Å².